The molecule has 29 heavy (non-hydrogen) atoms. The number of rotatable bonds is 5. The zero-order chi connectivity index (χ0) is 21.3. The predicted octanol–water partition coefficient (Wildman–Crippen LogP) is 2.89. The summed E-state index contributed by atoms with van der Waals surface area (Å²) in [4.78, 5) is 24.9. The Morgan fingerprint density at radius 2 is 1.90 bits per heavy atom. The van der Waals surface area contributed by atoms with Crippen LogP contribution >= 0.6 is 0 Å². The van der Waals surface area contributed by atoms with Crippen molar-refractivity contribution < 1.29 is 22.7 Å². The van der Waals surface area contributed by atoms with E-state index in [-0.39, 0.29) is 12.3 Å². The van der Waals surface area contributed by atoms with Gasteiger partial charge in [-0.1, -0.05) is 12.1 Å². The molecule has 2 heterocycles. The molecule has 0 aliphatic carbocycles. The fourth-order valence-corrected chi connectivity index (χ4v) is 3.09. The standard InChI is InChI=1S/C19H19F3N4O3/c1-11-8-12(2)26-16(11)9-23-25(18(26)28)10-17(27)24-13(3)14-4-6-15(7-5-14)29-19(20,21)22/h4-9,13H,10H2,1-3H3,(H,24,27)/t13-/m0/s1. The van der Waals surface area contributed by atoms with Crippen LogP contribution in [0, 0.1) is 13.8 Å². The summed E-state index contributed by atoms with van der Waals surface area (Å²) in [5.41, 5.74) is 2.49. The molecule has 0 spiro atoms. The van der Waals surface area contributed by atoms with Crippen LogP contribution in [-0.2, 0) is 11.3 Å². The van der Waals surface area contributed by atoms with Gasteiger partial charge in [-0.25, -0.2) is 9.48 Å². The molecule has 0 unspecified atom stereocenters. The molecule has 0 fully saturated rings. The molecular formula is C19H19F3N4O3. The number of amides is 1. The van der Waals surface area contributed by atoms with Crippen molar-refractivity contribution in [1.82, 2.24) is 19.5 Å². The number of benzene rings is 1. The summed E-state index contributed by atoms with van der Waals surface area (Å²) in [6.45, 7) is 5.05. The van der Waals surface area contributed by atoms with E-state index in [1.165, 1.54) is 34.9 Å². The molecule has 0 aliphatic heterocycles. The van der Waals surface area contributed by atoms with E-state index >= 15 is 0 Å². The van der Waals surface area contributed by atoms with Crippen LogP contribution < -0.4 is 15.7 Å². The van der Waals surface area contributed by atoms with E-state index in [1.54, 1.807) is 13.8 Å². The molecule has 3 aromatic rings. The first kappa shape index (κ1) is 20.4. The van der Waals surface area contributed by atoms with E-state index < -0.39 is 24.0 Å². The van der Waals surface area contributed by atoms with Gasteiger partial charge in [-0.15, -0.1) is 13.2 Å². The van der Waals surface area contributed by atoms with Gasteiger partial charge in [0, 0.05) is 5.69 Å². The van der Waals surface area contributed by atoms with Crippen molar-refractivity contribution in [2.24, 2.45) is 0 Å². The van der Waals surface area contributed by atoms with Crippen molar-refractivity contribution in [2.75, 3.05) is 0 Å². The maximum Gasteiger partial charge on any atom is 0.573 e. The lowest BCUT2D eigenvalue weighted by Gasteiger charge is -2.16. The molecule has 2 aromatic heterocycles. The smallest absolute Gasteiger partial charge is 0.406 e. The van der Waals surface area contributed by atoms with Gasteiger partial charge >= 0.3 is 12.1 Å². The highest BCUT2D eigenvalue weighted by Crippen LogP contribution is 2.24. The second kappa shape index (κ2) is 7.61. The highest BCUT2D eigenvalue weighted by molar-refractivity contribution is 5.76. The number of ether oxygens (including phenoxy) is 1. The Bertz CT molecular complexity index is 1100. The molecule has 0 saturated carbocycles. The second-order valence-corrected chi connectivity index (χ2v) is 6.68. The molecular weight excluding hydrogens is 389 g/mol. The summed E-state index contributed by atoms with van der Waals surface area (Å²) in [6.07, 6.45) is -3.24. The largest absolute Gasteiger partial charge is 0.573 e. The number of fused-ring (bicyclic) bond motifs is 1. The Hall–Kier alpha value is -3.30. The Labute approximate surface area is 163 Å². The maximum absolute atomic E-state index is 12.6. The summed E-state index contributed by atoms with van der Waals surface area (Å²) in [7, 11) is 0. The van der Waals surface area contributed by atoms with E-state index in [0.29, 0.717) is 11.1 Å². The summed E-state index contributed by atoms with van der Waals surface area (Å²) in [5.74, 6) is -0.801. The fraction of sp³-hybridized carbons (Fsp3) is 0.316. The van der Waals surface area contributed by atoms with Gasteiger partial charge < -0.3 is 10.1 Å². The van der Waals surface area contributed by atoms with E-state index in [9.17, 15) is 22.8 Å². The van der Waals surface area contributed by atoms with Gasteiger partial charge in [0.15, 0.2) is 0 Å². The van der Waals surface area contributed by atoms with Crippen LogP contribution in [0.2, 0.25) is 0 Å². The monoisotopic (exact) mass is 408 g/mol. The Morgan fingerprint density at radius 1 is 1.24 bits per heavy atom. The van der Waals surface area contributed by atoms with Crippen LogP contribution in [0.15, 0.2) is 41.3 Å². The van der Waals surface area contributed by atoms with Crippen LogP contribution in [0.25, 0.3) is 5.52 Å². The quantitative estimate of drug-likeness (QED) is 0.704. The minimum atomic E-state index is -4.76. The number of carbonyl (C=O) groups excluding carboxylic acids is 1. The van der Waals surface area contributed by atoms with Gasteiger partial charge in [0.2, 0.25) is 5.91 Å². The lowest BCUT2D eigenvalue weighted by Crippen LogP contribution is -2.37. The molecule has 1 aromatic carbocycles. The molecule has 0 radical (unpaired) electrons. The molecule has 1 atom stereocenters. The second-order valence-electron chi connectivity index (χ2n) is 6.68. The van der Waals surface area contributed by atoms with Gasteiger partial charge in [0.25, 0.3) is 0 Å². The van der Waals surface area contributed by atoms with Gasteiger partial charge in [-0.2, -0.15) is 5.10 Å². The van der Waals surface area contributed by atoms with Crippen molar-refractivity contribution >= 4 is 11.4 Å². The lowest BCUT2D eigenvalue weighted by atomic mass is 10.1. The first-order valence-electron chi connectivity index (χ1n) is 8.75. The summed E-state index contributed by atoms with van der Waals surface area (Å²) in [5, 5.41) is 6.74. The third kappa shape index (κ3) is 4.58. The summed E-state index contributed by atoms with van der Waals surface area (Å²) in [6, 6.07) is 6.56. The van der Waals surface area contributed by atoms with Crippen LogP contribution in [0.3, 0.4) is 0 Å². The van der Waals surface area contributed by atoms with Crippen molar-refractivity contribution in [3.63, 3.8) is 0 Å². The Balaban J connectivity index is 1.69. The van der Waals surface area contributed by atoms with Crippen molar-refractivity contribution in [3.8, 4) is 5.75 Å². The van der Waals surface area contributed by atoms with Gasteiger partial charge in [-0.05, 0) is 50.1 Å². The molecule has 7 nitrogen and oxygen atoms in total. The van der Waals surface area contributed by atoms with E-state index in [2.05, 4.69) is 15.2 Å². The minimum absolute atomic E-state index is 0.287. The Morgan fingerprint density at radius 3 is 2.52 bits per heavy atom. The van der Waals surface area contributed by atoms with Gasteiger partial charge in [0.05, 0.1) is 17.8 Å². The summed E-state index contributed by atoms with van der Waals surface area (Å²) >= 11 is 0. The average Bonchev–Trinajstić information content (AvgIpc) is 2.91. The van der Waals surface area contributed by atoms with Crippen molar-refractivity contribution in [3.05, 3.63) is 63.8 Å². The first-order chi connectivity index (χ1) is 13.5. The number of alkyl halides is 3. The van der Waals surface area contributed by atoms with E-state index in [0.717, 1.165) is 15.9 Å². The number of hydrogen-bond donors (Lipinski definition) is 1. The zero-order valence-corrected chi connectivity index (χ0v) is 15.9. The molecule has 1 N–H and O–H groups in total. The van der Waals surface area contributed by atoms with Crippen LogP contribution in [0.5, 0.6) is 5.75 Å². The van der Waals surface area contributed by atoms with Crippen LogP contribution in [0.4, 0.5) is 13.2 Å². The number of nitrogens with zero attached hydrogens (tertiary/aromatic N) is 3. The Kier molecular flexibility index (Phi) is 5.36. The zero-order valence-electron chi connectivity index (χ0n) is 15.9. The maximum atomic E-state index is 12.6. The number of aromatic nitrogens is 3. The van der Waals surface area contributed by atoms with Crippen LogP contribution in [0.1, 0.15) is 29.8 Å². The normalized spacial score (nSPS) is 12.8. The van der Waals surface area contributed by atoms with Crippen molar-refractivity contribution in [1.29, 1.82) is 0 Å². The number of nitrogens with one attached hydrogen (secondary N) is 1. The average molecular weight is 408 g/mol. The number of hydrogen-bond acceptors (Lipinski definition) is 4. The molecule has 3 rings (SSSR count). The third-order valence-corrected chi connectivity index (χ3v) is 4.44. The van der Waals surface area contributed by atoms with E-state index in [1.807, 2.05) is 13.0 Å². The third-order valence-electron chi connectivity index (χ3n) is 4.44. The highest BCUT2D eigenvalue weighted by atomic mass is 19.4. The van der Waals surface area contributed by atoms with E-state index in [4.69, 9.17) is 0 Å². The van der Waals surface area contributed by atoms with Gasteiger partial charge in [0.1, 0.15) is 12.3 Å². The number of carbonyl (C=O) groups is 1. The molecule has 10 heteroatoms. The minimum Gasteiger partial charge on any atom is -0.406 e. The predicted molar refractivity (Wildman–Crippen MR) is 98.6 cm³/mol. The van der Waals surface area contributed by atoms with Crippen molar-refractivity contribution in [2.45, 2.75) is 39.7 Å². The van der Waals surface area contributed by atoms with Gasteiger partial charge in [-0.3, -0.25) is 9.20 Å². The summed E-state index contributed by atoms with van der Waals surface area (Å²) < 4.78 is 43.0. The first-order valence-corrected chi connectivity index (χ1v) is 8.75. The molecule has 1 amide bonds. The molecule has 0 aliphatic rings. The number of aryl methyl sites for hydroxylation is 2. The lowest BCUT2D eigenvalue weighted by molar-refractivity contribution is -0.274. The molecule has 154 valence electrons. The molecule has 0 bridgehead atoms. The highest BCUT2D eigenvalue weighted by Gasteiger charge is 2.31. The topological polar surface area (TPSA) is 77.6 Å². The number of halogens is 3. The SMILES string of the molecule is Cc1cc(C)n2c(=O)n(CC(=O)N[C@@H](C)c3ccc(OC(F)(F)F)cc3)ncc12. The fourth-order valence-electron chi connectivity index (χ4n) is 3.09. The van der Waals surface area contributed by atoms with Crippen LogP contribution in [-0.4, -0.2) is 26.5 Å². The molecule has 0 saturated heterocycles.